The molecular weight excluding hydrogens is 338 g/mol. The zero-order valence-corrected chi connectivity index (χ0v) is 12.2. The number of halogens is 5. The van der Waals surface area contributed by atoms with E-state index >= 15 is 0 Å². The first-order chi connectivity index (χ1) is 10.8. The van der Waals surface area contributed by atoms with Gasteiger partial charge in [0, 0.05) is 5.02 Å². The van der Waals surface area contributed by atoms with E-state index in [1.165, 1.54) is 6.07 Å². The van der Waals surface area contributed by atoms with Crippen LogP contribution in [0.4, 0.5) is 17.6 Å². The molecule has 0 saturated carbocycles. The molecule has 0 aliphatic rings. The number of aliphatic hydroxyl groups is 1. The Labute approximate surface area is 133 Å². The lowest BCUT2D eigenvalue weighted by Gasteiger charge is -2.17. The monoisotopic (exact) mass is 347 g/mol. The molecule has 3 nitrogen and oxygen atoms in total. The second-order valence-electron chi connectivity index (χ2n) is 4.63. The van der Waals surface area contributed by atoms with Gasteiger partial charge in [-0.25, -0.2) is 17.6 Å². The first-order valence-electron chi connectivity index (χ1n) is 6.34. The Kier molecular flexibility index (Phi) is 5.23. The summed E-state index contributed by atoms with van der Waals surface area (Å²) in [6, 6.07) is 3.34. The molecule has 0 saturated heterocycles. The highest BCUT2D eigenvalue weighted by Gasteiger charge is 2.21. The van der Waals surface area contributed by atoms with Crippen LogP contribution in [0.5, 0.6) is 0 Å². The Morgan fingerprint density at radius 1 is 1.09 bits per heavy atom. The first kappa shape index (κ1) is 17.2. The molecule has 0 spiro atoms. The Bertz CT molecular complexity index is 731. The predicted molar refractivity (Wildman–Crippen MR) is 75.0 cm³/mol. The smallest absolute Gasteiger partial charge is 0.254 e. The van der Waals surface area contributed by atoms with Crippen molar-refractivity contribution < 1.29 is 27.5 Å². The molecule has 1 amide bonds. The number of hydrogen-bond acceptors (Lipinski definition) is 2. The normalized spacial score (nSPS) is 12.1. The molecule has 2 aromatic rings. The Morgan fingerprint density at radius 2 is 1.70 bits per heavy atom. The van der Waals surface area contributed by atoms with Crippen LogP contribution < -0.4 is 5.32 Å². The summed E-state index contributed by atoms with van der Waals surface area (Å²) in [7, 11) is 0. The third kappa shape index (κ3) is 3.80. The molecule has 0 aliphatic heterocycles. The van der Waals surface area contributed by atoms with Gasteiger partial charge < -0.3 is 10.4 Å². The summed E-state index contributed by atoms with van der Waals surface area (Å²) in [5.74, 6) is -6.43. The lowest BCUT2D eigenvalue weighted by atomic mass is 10.1. The molecule has 0 heterocycles. The highest BCUT2D eigenvalue weighted by Crippen LogP contribution is 2.21. The Morgan fingerprint density at radius 3 is 2.22 bits per heavy atom. The standard InChI is InChI=1S/C15H10ClF4NO2/c16-8-1-2-9(10(17)5-8)15(23)21-13(6-22)7-3-11(18)14(20)12(19)4-7/h1-5,13,22H,6H2,(H,21,23). The number of carbonyl (C=O) groups excluding carboxylic acids is 1. The topological polar surface area (TPSA) is 49.3 Å². The van der Waals surface area contributed by atoms with Crippen LogP contribution in [0.15, 0.2) is 30.3 Å². The summed E-state index contributed by atoms with van der Waals surface area (Å²) in [4.78, 5) is 12.0. The average molecular weight is 348 g/mol. The average Bonchev–Trinajstić information content (AvgIpc) is 2.49. The lowest BCUT2D eigenvalue weighted by molar-refractivity contribution is 0.0911. The van der Waals surface area contributed by atoms with Gasteiger partial charge in [0.15, 0.2) is 17.5 Å². The number of aliphatic hydroxyl groups excluding tert-OH is 1. The minimum Gasteiger partial charge on any atom is -0.394 e. The maximum absolute atomic E-state index is 13.7. The van der Waals surface area contributed by atoms with Gasteiger partial charge in [-0.2, -0.15) is 0 Å². The van der Waals surface area contributed by atoms with E-state index in [-0.39, 0.29) is 16.1 Å². The first-order valence-corrected chi connectivity index (χ1v) is 6.72. The SMILES string of the molecule is O=C(NC(CO)c1cc(F)c(F)c(F)c1)c1ccc(Cl)cc1F. The number of carbonyl (C=O) groups is 1. The van der Waals surface area contributed by atoms with Crippen LogP contribution in [0.1, 0.15) is 22.0 Å². The fourth-order valence-corrected chi connectivity index (χ4v) is 2.08. The van der Waals surface area contributed by atoms with E-state index in [1.54, 1.807) is 0 Å². The molecule has 2 N–H and O–H groups in total. The summed E-state index contributed by atoms with van der Waals surface area (Å²) in [6.45, 7) is -0.731. The lowest BCUT2D eigenvalue weighted by Crippen LogP contribution is -2.31. The molecule has 122 valence electrons. The maximum Gasteiger partial charge on any atom is 0.254 e. The van der Waals surface area contributed by atoms with Crippen LogP contribution in [0.25, 0.3) is 0 Å². The van der Waals surface area contributed by atoms with Crippen molar-refractivity contribution in [3.05, 3.63) is 69.8 Å². The second-order valence-corrected chi connectivity index (χ2v) is 5.07. The number of benzene rings is 2. The summed E-state index contributed by atoms with van der Waals surface area (Å²) < 4.78 is 53.0. The van der Waals surface area contributed by atoms with E-state index in [0.29, 0.717) is 12.1 Å². The van der Waals surface area contributed by atoms with Gasteiger partial charge in [-0.1, -0.05) is 11.6 Å². The molecule has 0 aliphatic carbocycles. The van der Waals surface area contributed by atoms with Crippen LogP contribution in [0.3, 0.4) is 0 Å². The zero-order valence-electron chi connectivity index (χ0n) is 11.4. The van der Waals surface area contributed by atoms with Crippen molar-refractivity contribution in [2.24, 2.45) is 0 Å². The second kappa shape index (κ2) is 6.97. The minimum atomic E-state index is -1.67. The van der Waals surface area contributed by atoms with Crippen LogP contribution in [-0.2, 0) is 0 Å². The molecule has 0 radical (unpaired) electrons. The van der Waals surface area contributed by atoms with Crippen LogP contribution in [0, 0.1) is 23.3 Å². The number of rotatable bonds is 4. The molecular formula is C15H10ClF4NO2. The Hall–Kier alpha value is -2.12. The molecule has 2 aromatic carbocycles. The molecule has 1 atom stereocenters. The van der Waals surface area contributed by atoms with Crippen molar-refractivity contribution >= 4 is 17.5 Å². The van der Waals surface area contributed by atoms with Crippen molar-refractivity contribution in [3.63, 3.8) is 0 Å². The summed E-state index contributed by atoms with van der Waals surface area (Å²) in [6.07, 6.45) is 0. The van der Waals surface area contributed by atoms with Crippen LogP contribution in [0.2, 0.25) is 5.02 Å². The fourth-order valence-electron chi connectivity index (χ4n) is 1.92. The minimum absolute atomic E-state index is 0.0837. The van der Waals surface area contributed by atoms with Gasteiger partial charge in [0.2, 0.25) is 0 Å². The summed E-state index contributed by atoms with van der Waals surface area (Å²) >= 11 is 5.57. The molecule has 23 heavy (non-hydrogen) atoms. The molecule has 0 fully saturated rings. The van der Waals surface area contributed by atoms with Crippen molar-refractivity contribution in [1.29, 1.82) is 0 Å². The largest absolute Gasteiger partial charge is 0.394 e. The van der Waals surface area contributed by atoms with E-state index in [1.807, 2.05) is 0 Å². The molecule has 2 rings (SSSR count). The molecule has 1 unspecified atom stereocenters. The highest BCUT2D eigenvalue weighted by molar-refractivity contribution is 6.30. The summed E-state index contributed by atoms with van der Waals surface area (Å²) in [5, 5.41) is 11.6. The van der Waals surface area contributed by atoms with Crippen molar-refractivity contribution in [3.8, 4) is 0 Å². The number of hydrogen-bond donors (Lipinski definition) is 2. The van der Waals surface area contributed by atoms with Gasteiger partial charge in [-0.3, -0.25) is 4.79 Å². The van der Waals surface area contributed by atoms with Crippen molar-refractivity contribution in [1.82, 2.24) is 5.32 Å². The van der Waals surface area contributed by atoms with Gasteiger partial charge in [0.05, 0.1) is 18.2 Å². The van der Waals surface area contributed by atoms with Crippen LogP contribution >= 0.6 is 11.6 Å². The quantitative estimate of drug-likeness (QED) is 0.658. The molecule has 0 bridgehead atoms. The van der Waals surface area contributed by atoms with Gasteiger partial charge in [0.25, 0.3) is 5.91 Å². The third-order valence-electron chi connectivity index (χ3n) is 3.07. The van der Waals surface area contributed by atoms with Gasteiger partial charge in [-0.15, -0.1) is 0 Å². The van der Waals surface area contributed by atoms with E-state index < -0.39 is 41.8 Å². The fraction of sp³-hybridized carbons (Fsp3) is 0.133. The predicted octanol–water partition coefficient (Wildman–Crippen LogP) is 3.36. The van der Waals surface area contributed by atoms with Gasteiger partial charge >= 0.3 is 0 Å². The summed E-state index contributed by atoms with van der Waals surface area (Å²) in [5.41, 5.74) is -0.567. The van der Waals surface area contributed by atoms with E-state index in [0.717, 1.165) is 12.1 Å². The van der Waals surface area contributed by atoms with E-state index in [4.69, 9.17) is 11.6 Å². The zero-order chi connectivity index (χ0) is 17.1. The third-order valence-corrected chi connectivity index (χ3v) is 3.31. The van der Waals surface area contributed by atoms with Gasteiger partial charge in [0.1, 0.15) is 5.82 Å². The van der Waals surface area contributed by atoms with E-state index in [2.05, 4.69) is 5.32 Å². The van der Waals surface area contributed by atoms with Crippen LogP contribution in [-0.4, -0.2) is 17.6 Å². The molecule has 8 heteroatoms. The Balaban J connectivity index is 2.27. The van der Waals surface area contributed by atoms with Gasteiger partial charge in [-0.05, 0) is 35.9 Å². The van der Waals surface area contributed by atoms with E-state index in [9.17, 15) is 27.5 Å². The highest BCUT2D eigenvalue weighted by atomic mass is 35.5. The molecule has 0 aromatic heterocycles. The number of amides is 1. The maximum atomic E-state index is 13.7. The number of nitrogens with one attached hydrogen (secondary N) is 1. The van der Waals surface area contributed by atoms with Crippen molar-refractivity contribution in [2.75, 3.05) is 6.61 Å². The van der Waals surface area contributed by atoms with Crippen molar-refractivity contribution in [2.45, 2.75) is 6.04 Å².